The lowest BCUT2D eigenvalue weighted by molar-refractivity contribution is 0.204. The van der Waals surface area contributed by atoms with Crippen LogP contribution in [-0.2, 0) is 0 Å². The number of rotatable bonds is 13. The summed E-state index contributed by atoms with van der Waals surface area (Å²) in [6.07, 6.45) is 4.96. The van der Waals surface area contributed by atoms with Gasteiger partial charge in [-0.05, 0) is 62.3 Å². The third-order valence-electron chi connectivity index (χ3n) is 5.49. The van der Waals surface area contributed by atoms with Crippen molar-refractivity contribution >= 4 is 29.6 Å². The molecule has 0 radical (unpaired) electrons. The Morgan fingerprint density at radius 3 is 1.94 bits per heavy atom. The van der Waals surface area contributed by atoms with Gasteiger partial charge in [0.25, 0.3) is 0 Å². The molecule has 0 aliphatic heterocycles. The Kier molecular flexibility index (Phi) is 12.8. The normalized spacial score (nSPS) is 11.2. The van der Waals surface area contributed by atoms with Crippen molar-refractivity contribution in [3.05, 3.63) is 90.5 Å². The van der Waals surface area contributed by atoms with Gasteiger partial charge in [-0.15, -0.1) is 12.4 Å². The zero-order chi connectivity index (χ0) is 23.1. The molecule has 3 aromatic carbocycles. The zero-order valence-corrected chi connectivity index (χ0v) is 21.3. The maximum Gasteiger partial charge on any atom is 0.138 e. The van der Waals surface area contributed by atoms with Gasteiger partial charge in [0.15, 0.2) is 0 Å². The van der Waals surface area contributed by atoms with E-state index in [-0.39, 0.29) is 12.4 Å². The summed E-state index contributed by atoms with van der Waals surface area (Å²) in [5.74, 6) is 1.70. The van der Waals surface area contributed by atoms with Crippen LogP contribution in [0, 0.1) is 0 Å². The van der Waals surface area contributed by atoms with E-state index in [2.05, 4.69) is 36.2 Å². The summed E-state index contributed by atoms with van der Waals surface area (Å²) in [6, 6.07) is 28.4. The van der Waals surface area contributed by atoms with E-state index < -0.39 is 0 Å². The van der Waals surface area contributed by atoms with Crippen molar-refractivity contribution in [3.8, 4) is 5.75 Å². The van der Waals surface area contributed by atoms with Gasteiger partial charge in [0.2, 0.25) is 0 Å². The standard InChI is InChI=1S/C29H37N3O.ClH/c1-3-5-21-32(22-6-4-2)23-24-33-28-19-17-27(18-20-28)31-29(25-13-9-7-10-14-25)30-26-15-11-8-12-16-26;/h7-20H,3-6,21-24H2,1-2H3,(H,30,31);1H. The Hall–Kier alpha value is -2.82. The lowest BCUT2D eigenvalue weighted by Crippen LogP contribution is -2.30. The minimum Gasteiger partial charge on any atom is -0.492 e. The predicted octanol–water partition coefficient (Wildman–Crippen LogP) is 7.58. The lowest BCUT2D eigenvalue weighted by atomic mass is 10.2. The van der Waals surface area contributed by atoms with Gasteiger partial charge in [-0.2, -0.15) is 0 Å². The maximum atomic E-state index is 6.03. The fourth-order valence-corrected chi connectivity index (χ4v) is 3.56. The number of benzene rings is 3. The number of nitrogens with one attached hydrogen (secondary N) is 1. The molecule has 182 valence electrons. The average molecular weight is 480 g/mol. The van der Waals surface area contributed by atoms with Gasteiger partial charge in [0, 0.05) is 17.8 Å². The van der Waals surface area contributed by atoms with E-state index in [4.69, 9.17) is 9.73 Å². The van der Waals surface area contributed by atoms with Crippen molar-refractivity contribution in [3.63, 3.8) is 0 Å². The number of anilines is 1. The van der Waals surface area contributed by atoms with E-state index in [0.29, 0.717) is 6.61 Å². The van der Waals surface area contributed by atoms with E-state index in [0.717, 1.165) is 48.2 Å². The molecule has 0 saturated carbocycles. The third-order valence-corrected chi connectivity index (χ3v) is 5.49. The fourth-order valence-electron chi connectivity index (χ4n) is 3.56. The second kappa shape index (κ2) is 15.9. The number of hydrogen-bond donors (Lipinski definition) is 1. The molecule has 0 aliphatic rings. The highest BCUT2D eigenvalue weighted by Gasteiger charge is 2.06. The molecule has 34 heavy (non-hydrogen) atoms. The van der Waals surface area contributed by atoms with Gasteiger partial charge >= 0.3 is 0 Å². The molecule has 0 heterocycles. The van der Waals surface area contributed by atoms with Crippen LogP contribution in [-0.4, -0.2) is 37.0 Å². The molecule has 0 amide bonds. The molecule has 0 aliphatic carbocycles. The first kappa shape index (κ1) is 27.4. The van der Waals surface area contributed by atoms with Crippen LogP contribution >= 0.6 is 12.4 Å². The van der Waals surface area contributed by atoms with Crippen molar-refractivity contribution in [2.45, 2.75) is 39.5 Å². The predicted molar refractivity (Wildman–Crippen MR) is 148 cm³/mol. The van der Waals surface area contributed by atoms with Crippen molar-refractivity contribution in [2.24, 2.45) is 4.99 Å². The van der Waals surface area contributed by atoms with E-state index >= 15 is 0 Å². The number of unbranched alkanes of at least 4 members (excludes halogenated alkanes) is 2. The van der Waals surface area contributed by atoms with Crippen molar-refractivity contribution < 1.29 is 4.74 Å². The summed E-state index contributed by atoms with van der Waals surface area (Å²) in [5, 5.41) is 3.45. The van der Waals surface area contributed by atoms with Gasteiger partial charge in [-0.3, -0.25) is 4.90 Å². The molecule has 0 spiro atoms. The molecule has 3 rings (SSSR count). The van der Waals surface area contributed by atoms with Crippen LogP contribution in [0.25, 0.3) is 0 Å². The first-order chi connectivity index (χ1) is 16.3. The molecule has 0 atom stereocenters. The smallest absolute Gasteiger partial charge is 0.138 e. The first-order valence-electron chi connectivity index (χ1n) is 12.2. The highest BCUT2D eigenvalue weighted by Crippen LogP contribution is 2.20. The minimum absolute atomic E-state index is 0. The summed E-state index contributed by atoms with van der Waals surface area (Å²) < 4.78 is 6.03. The van der Waals surface area contributed by atoms with E-state index in [1.54, 1.807) is 0 Å². The van der Waals surface area contributed by atoms with Crippen molar-refractivity contribution in [1.82, 2.24) is 4.90 Å². The SMILES string of the molecule is CCCCN(CCCC)CCOc1ccc(N=C(Nc2ccccc2)c2ccccc2)cc1.Cl. The highest BCUT2D eigenvalue weighted by molar-refractivity contribution is 6.09. The molecule has 0 fully saturated rings. The lowest BCUT2D eigenvalue weighted by Gasteiger charge is -2.22. The quantitative estimate of drug-likeness (QED) is 0.203. The maximum absolute atomic E-state index is 6.03. The molecule has 0 unspecified atom stereocenters. The summed E-state index contributed by atoms with van der Waals surface area (Å²) in [5.41, 5.74) is 2.94. The number of ether oxygens (including phenoxy) is 1. The molecule has 1 N–H and O–H groups in total. The van der Waals surface area contributed by atoms with Crippen LogP contribution in [0.5, 0.6) is 5.75 Å². The van der Waals surface area contributed by atoms with Gasteiger partial charge < -0.3 is 10.1 Å². The van der Waals surface area contributed by atoms with Gasteiger partial charge in [-0.1, -0.05) is 75.2 Å². The van der Waals surface area contributed by atoms with Gasteiger partial charge in [0.05, 0.1) is 5.69 Å². The van der Waals surface area contributed by atoms with Crippen LogP contribution in [0.2, 0.25) is 0 Å². The second-order valence-corrected chi connectivity index (χ2v) is 8.21. The molecule has 0 saturated heterocycles. The topological polar surface area (TPSA) is 36.9 Å². The third kappa shape index (κ3) is 9.58. The fraction of sp³-hybridized carbons (Fsp3) is 0.345. The summed E-state index contributed by atoms with van der Waals surface area (Å²) in [7, 11) is 0. The Balaban J connectivity index is 0.00000408. The molecule has 5 heteroatoms. The Morgan fingerprint density at radius 1 is 0.765 bits per heavy atom. The average Bonchev–Trinajstić information content (AvgIpc) is 2.87. The Labute approximate surface area is 211 Å². The number of para-hydroxylation sites is 1. The van der Waals surface area contributed by atoms with Crippen LogP contribution in [0.1, 0.15) is 45.1 Å². The van der Waals surface area contributed by atoms with E-state index in [1.165, 1.54) is 25.7 Å². The minimum atomic E-state index is 0. The Morgan fingerprint density at radius 2 is 1.35 bits per heavy atom. The molecule has 4 nitrogen and oxygen atoms in total. The van der Waals surface area contributed by atoms with Crippen molar-refractivity contribution in [1.29, 1.82) is 0 Å². The number of hydrogen-bond acceptors (Lipinski definition) is 3. The number of aliphatic imine (C=N–C) groups is 1. The number of nitrogens with zero attached hydrogens (tertiary/aromatic N) is 2. The van der Waals surface area contributed by atoms with Gasteiger partial charge in [0.1, 0.15) is 18.2 Å². The van der Waals surface area contributed by atoms with E-state index in [9.17, 15) is 0 Å². The van der Waals surface area contributed by atoms with E-state index in [1.807, 2.05) is 72.8 Å². The van der Waals surface area contributed by atoms with Crippen LogP contribution in [0.3, 0.4) is 0 Å². The monoisotopic (exact) mass is 479 g/mol. The highest BCUT2D eigenvalue weighted by atomic mass is 35.5. The molecule has 3 aromatic rings. The summed E-state index contributed by atoms with van der Waals surface area (Å²) in [6.45, 7) is 8.49. The largest absolute Gasteiger partial charge is 0.492 e. The number of halogens is 1. The molecule has 0 bridgehead atoms. The molecular weight excluding hydrogens is 442 g/mol. The number of amidine groups is 1. The second-order valence-electron chi connectivity index (χ2n) is 8.21. The molecule has 0 aromatic heterocycles. The Bertz CT molecular complexity index is 938. The first-order valence-corrected chi connectivity index (χ1v) is 12.2. The van der Waals surface area contributed by atoms with Crippen molar-refractivity contribution in [2.75, 3.05) is 31.6 Å². The molecular formula is C29H38ClN3O. The summed E-state index contributed by atoms with van der Waals surface area (Å²) >= 11 is 0. The van der Waals surface area contributed by atoms with Crippen LogP contribution in [0.15, 0.2) is 89.9 Å². The summed E-state index contributed by atoms with van der Waals surface area (Å²) in [4.78, 5) is 7.40. The van der Waals surface area contributed by atoms with Crippen LogP contribution < -0.4 is 10.1 Å². The van der Waals surface area contributed by atoms with Crippen LogP contribution in [0.4, 0.5) is 11.4 Å². The zero-order valence-electron chi connectivity index (χ0n) is 20.5. The van der Waals surface area contributed by atoms with Gasteiger partial charge in [-0.25, -0.2) is 4.99 Å².